The van der Waals surface area contributed by atoms with Crippen molar-refractivity contribution >= 4 is 11.8 Å². The second kappa shape index (κ2) is 5.54. The maximum atomic E-state index is 11.0. The van der Waals surface area contributed by atoms with Crippen molar-refractivity contribution in [1.29, 1.82) is 0 Å². The van der Waals surface area contributed by atoms with Gasteiger partial charge in [-0.3, -0.25) is 0 Å². The third-order valence-electron chi connectivity index (χ3n) is 2.43. The Morgan fingerprint density at radius 3 is 2.72 bits per heavy atom. The molecule has 96 valence electrons. The number of aromatic nitrogens is 1. The van der Waals surface area contributed by atoms with Gasteiger partial charge in [0.1, 0.15) is 5.82 Å². The minimum Gasteiger partial charge on any atom is -0.478 e. The van der Waals surface area contributed by atoms with E-state index in [1.165, 1.54) is 6.07 Å². The number of carboxylic acids is 1. The summed E-state index contributed by atoms with van der Waals surface area (Å²) in [5.41, 5.74) is 0.421. The van der Waals surface area contributed by atoms with Gasteiger partial charge in [-0.1, -0.05) is 19.3 Å². The molecule has 1 heterocycles. The van der Waals surface area contributed by atoms with E-state index in [-0.39, 0.29) is 5.56 Å². The van der Waals surface area contributed by atoms with Crippen LogP contribution in [0.2, 0.25) is 0 Å². The van der Waals surface area contributed by atoms with Crippen LogP contribution in [0, 0.1) is 12.3 Å². The number of hydrogen-bond acceptors (Lipinski definition) is 3. The quantitative estimate of drug-likeness (QED) is 0.784. The van der Waals surface area contributed by atoms with Crippen molar-refractivity contribution in [3.63, 3.8) is 0 Å². The van der Waals surface area contributed by atoms with E-state index < -0.39 is 11.5 Å². The molecule has 4 heteroatoms. The smallest absolute Gasteiger partial charge is 0.335 e. The normalized spacial score (nSPS) is 10.8. The molecular weight excluding hydrogens is 228 g/mol. The van der Waals surface area contributed by atoms with E-state index in [2.05, 4.69) is 16.2 Å². The van der Waals surface area contributed by atoms with Gasteiger partial charge in [0.05, 0.1) is 11.1 Å². The molecule has 0 unspecified atom stereocenters. The molecule has 2 N–H and O–H groups in total. The molecule has 18 heavy (non-hydrogen) atoms. The highest BCUT2D eigenvalue weighted by Gasteiger charge is 2.16. The van der Waals surface area contributed by atoms with Gasteiger partial charge < -0.3 is 10.4 Å². The Kier molecular flexibility index (Phi) is 4.33. The molecule has 0 atom stereocenters. The first-order valence-corrected chi connectivity index (χ1v) is 5.88. The van der Waals surface area contributed by atoms with Gasteiger partial charge in [-0.25, -0.2) is 9.78 Å². The molecule has 0 saturated carbocycles. The summed E-state index contributed by atoms with van der Waals surface area (Å²) in [5, 5.41) is 12.1. The van der Waals surface area contributed by atoms with Crippen molar-refractivity contribution in [2.75, 3.05) is 5.32 Å². The molecule has 0 radical (unpaired) electrons. The van der Waals surface area contributed by atoms with E-state index in [1.807, 2.05) is 20.8 Å². The second-order valence-electron chi connectivity index (χ2n) is 4.68. The summed E-state index contributed by atoms with van der Waals surface area (Å²) < 4.78 is 0. The average molecular weight is 246 g/mol. The standard InChI is InChI=1S/C14H18N2O2/c1-5-7-11-8-10(13(17)18)9-12(15-11)16-14(3,4)6-2/h2,8-9H,5,7H2,1,3-4H3,(H,15,16)(H,17,18). The van der Waals surface area contributed by atoms with Crippen LogP contribution in [0.1, 0.15) is 43.2 Å². The summed E-state index contributed by atoms with van der Waals surface area (Å²) in [5.74, 6) is 2.13. The fraction of sp³-hybridized carbons (Fsp3) is 0.429. The fourth-order valence-electron chi connectivity index (χ4n) is 1.52. The Bertz CT molecular complexity index is 487. The van der Waals surface area contributed by atoms with Gasteiger partial charge in [0, 0.05) is 5.69 Å². The van der Waals surface area contributed by atoms with Crippen molar-refractivity contribution in [3.05, 3.63) is 23.4 Å². The Balaban J connectivity index is 3.11. The average Bonchev–Trinajstić information content (AvgIpc) is 2.28. The van der Waals surface area contributed by atoms with Crippen LogP contribution in [0.15, 0.2) is 12.1 Å². The van der Waals surface area contributed by atoms with Gasteiger partial charge in [-0.05, 0) is 32.4 Å². The highest BCUT2D eigenvalue weighted by Crippen LogP contribution is 2.16. The molecular formula is C14H18N2O2. The number of pyridine rings is 1. The Morgan fingerprint density at radius 2 is 2.22 bits per heavy atom. The summed E-state index contributed by atoms with van der Waals surface area (Å²) in [6.45, 7) is 5.69. The molecule has 1 aromatic heterocycles. The Hall–Kier alpha value is -2.02. The van der Waals surface area contributed by atoms with Crippen LogP contribution >= 0.6 is 0 Å². The maximum absolute atomic E-state index is 11.0. The number of nitrogens with zero attached hydrogens (tertiary/aromatic N) is 1. The predicted molar refractivity (Wildman–Crippen MR) is 71.7 cm³/mol. The largest absolute Gasteiger partial charge is 0.478 e. The summed E-state index contributed by atoms with van der Waals surface area (Å²) in [4.78, 5) is 15.4. The number of aryl methyl sites for hydroxylation is 1. The lowest BCUT2D eigenvalue weighted by molar-refractivity contribution is 0.0696. The predicted octanol–water partition coefficient (Wildman–Crippen LogP) is 2.56. The molecule has 0 aliphatic carbocycles. The monoisotopic (exact) mass is 246 g/mol. The molecule has 0 aliphatic heterocycles. The number of rotatable bonds is 5. The first kappa shape index (κ1) is 14.0. The lowest BCUT2D eigenvalue weighted by atomic mass is 10.1. The SMILES string of the molecule is C#CC(C)(C)Nc1cc(C(=O)O)cc(CCC)n1. The summed E-state index contributed by atoms with van der Waals surface area (Å²) in [7, 11) is 0. The number of anilines is 1. The van der Waals surface area contributed by atoms with Gasteiger partial charge in [-0.15, -0.1) is 6.42 Å². The van der Waals surface area contributed by atoms with Crippen LogP contribution in [-0.4, -0.2) is 21.6 Å². The molecule has 0 aliphatic rings. The van der Waals surface area contributed by atoms with Crippen molar-refractivity contribution in [2.24, 2.45) is 0 Å². The zero-order valence-electron chi connectivity index (χ0n) is 10.9. The Morgan fingerprint density at radius 1 is 1.56 bits per heavy atom. The molecule has 0 saturated heterocycles. The summed E-state index contributed by atoms with van der Waals surface area (Å²) in [6.07, 6.45) is 7.05. The van der Waals surface area contributed by atoms with Crippen molar-refractivity contribution < 1.29 is 9.90 Å². The minimum atomic E-state index is -0.962. The van der Waals surface area contributed by atoms with Gasteiger partial charge in [0.25, 0.3) is 0 Å². The summed E-state index contributed by atoms with van der Waals surface area (Å²) in [6, 6.07) is 3.10. The summed E-state index contributed by atoms with van der Waals surface area (Å²) >= 11 is 0. The fourth-order valence-corrected chi connectivity index (χ4v) is 1.52. The highest BCUT2D eigenvalue weighted by molar-refractivity contribution is 5.88. The maximum Gasteiger partial charge on any atom is 0.335 e. The van der Waals surface area contributed by atoms with E-state index in [4.69, 9.17) is 11.5 Å². The van der Waals surface area contributed by atoms with Gasteiger partial charge in [-0.2, -0.15) is 0 Å². The number of nitrogens with one attached hydrogen (secondary N) is 1. The third-order valence-corrected chi connectivity index (χ3v) is 2.43. The lowest BCUT2D eigenvalue weighted by Gasteiger charge is -2.21. The van der Waals surface area contributed by atoms with Crippen molar-refractivity contribution in [3.8, 4) is 12.3 Å². The van der Waals surface area contributed by atoms with Crippen LogP contribution in [0.3, 0.4) is 0 Å². The van der Waals surface area contributed by atoms with Gasteiger partial charge in [0.2, 0.25) is 0 Å². The van der Waals surface area contributed by atoms with Crippen LogP contribution in [0.4, 0.5) is 5.82 Å². The first-order valence-electron chi connectivity index (χ1n) is 5.88. The molecule has 1 aromatic rings. The number of terminal acetylenes is 1. The molecule has 0 aromatic carbocycles. The van der Waals surface area contributed by atoms with Crippen molar-refractivity contribution in [1.82, 2.24) is 4.98 Å². The molecule has 0 amide bonds. The highest BCUT2D eigenvalue weighted by atomic mass is 16.4. The third kappa shape index (κ3) is 3.77. The molecule has 1 rings (SSSR count). The first-order chi connectivity index (χ1) is 8.38. The lowest BCUT2D eigenvalue weighted by Crippen LogP contribution is -2.29. The second-order valence-corrected chi connectivity index (χ2v) is 4.68. The van der Waals surface area contributed by atoms with E-state index in [1.54, 1.807) is 6.07 Å². The number of carbonyl (C=O) groups is 1. The van der Waals surface area contributed by atoms with E-state index >= 15 is 0 Å². The topological polar surface area (TPSA) is 62.2 Å². The van der Waals surface area contributed by atoms with E-state index in [9.17, 15) is 4.79 Å². The zero-order valence-corrected chi connectivity index (χ0v) is 10.9. The zero-order chi connectivity index (χ0) is 13.8. The molecule has 0 spiro atoms. The van der Waals surface area contributed by atoms with Gasteiger partial charge >= 0.3 is 5.97 Å². The van der Waals surface area contributed by atoms with Crippen molar-refractivity contribution in [2.45, 2.75) is 39.2 Å². The van der Waals surface area contributed by atoms with Crippen LogP contribution < -0.4 is 5.32 Å². The number of carboxylic acid groups (broad SMARTS) is 1. The van der Waals surface area contributed by atoms with E-state index in [0.29, 0.717) is 5.82 Å². The van der Waals surface area contributed by atoms with E-state index in [0.717, 1.165) is 18.5 Å². The Labute approximate surface area is 107 Å². The number of hydrogen-bond donors (Lipinski definition) is 2. The minimum absolute atomic E-state index is 0.226. The van der Waals surface area contributed by atoms with Gasteiger partial charge in [0.15, 0.2) is 0 Å². The molecule has 4 nitrogen and oxygen atoms in total. The van der Waals surface area contributed by atoms with Crippen LogP contribution in [-0.2, 0) is 6.42 Å². The van der Waals surface area contributed by atoms with Crippen LogP contribution in [0.25, 0.3) is 0 Å². The van der Waals surface area contributed by atoms with Crippen LogP contribution in [0.5, 0.6) is 0 Å². The number of aromatic carboxylic acids is 1. The molecule has 0 fully saturated rings. The molecule has 0 bridgehead atoms.